The molecular weight excluding hydrogens is 441 g/mol. The van der Waals surface area contributed by atoms with Crippen molar-refractivity contribution < 1.29 is 13.9 Å². The quantitative estimate of drug-likeness (QED) is 0.287. The molecule has 33 heavy (non-hydrogen) atoms. The molecule has 0 N–H and O–H groups in total. The van der Waals surface area contributed by atoms with Crippen LogP contribution in [0.15, 0.2) is 47.3 Å². The number of hydrogen-bond acceptors (Lipinski definition) is 6. The number of pyridine rings is 1. The highest BCUT2D eigenvalue weighted by atomic mass is 32.1. The fourth-order valence-electron chi connectivity index (χ4n) is 4.16. The van der Waals surface area contributed by atoms with Crippen molar-refractivity contribution in [3.8, 4) is 0 Å². The second-order valence-electron chi connectivity index (χ2n) is 9.18. The molecule has 0 atom stereocenters. The van der Waals surface area contributed by atoms with Gasteiger partial charge in [0.2, 0.25) is 0 Å². The zero-order valence-electron chi connectivity index (χ0n) is 18.7. The fourth-order valence-corrected chi connectivity index (χ4v) is 5.35. The minimum absolute atomic E-state index is 0.189. The minimum Gasteiger partial charge on any atom is -0.444 e. The van der Waals surface area contributed by atoms with Crippen LogP contribution in [0.5, 0.6) is 0 Å². The van der Waals surface area contributed by atoms with Crippen LogP contribution in [0.2, 0.25) is 0 Å². The van der Waals surface area contributed by atoms with E-state index in [2.05, 4.69) is 4.90 Å². The van der Waals surface area contributed by atoms with Crippen molar-refractivity contribution in [2.45, 2.75) is 26.4 Å². The van der Waals surface area contributed by atoms with E-state index in [1.54, 1.807) is 11.0 Å². The second kappa shape index (κ2) is 7.95. The lowest BCUT2D eigenvalue weighted by Gasteiger charge is -2.36. The summed E-state index contributed by atoms with van der Waals surface area (Å²) in [5.41, 5.74) is -0.0167. The third kappa shape index (κ3) is 3.99. The van der Waals surface area contributed by atoms with Crippen molar-refractivity contribution in [3.05, 3.63) is 58.5 Å². The lowest BCUT2D eigenvalue weighted by molar-refractivity contribution is 0.0240. The van der Waals surface area contributed by atoms with E-state index in [4.69, 9.17) is 9.72 Å². The summed E-state index contributed by atoms with van der Waals surface area (Å²) in [5.74, 6) is 0.295. The largest absolute Gasteiger partial charge is 0.444 e. The predicted molar refractivity (Wildman–Crippen MR) is 131 cm³/mol. The van der Waals surface area contributed by atoms with E-state index in [1.165, 1.54) is 23.5 Å². The molecule has 1 aliphatic heterocycles. The minimum atomic E-state index is -0.545. The summed E-state index contributed by atoms with van der Waals surface area (Å²) in [5, 5.41) is 1.70. The summed E-state index contributed by atoms with van der Waals surface area (Å²) in [7, 11) is 0. The van der Waals surface area contributed by atoms with Gasteiger partial charge in [0.05, 0.1) is 15.6 Å². The van der Waals surface area contributed by atoms with Gasteiger partial charge >= 0.3 is 6.09 Å². The van der Waals surface area contributed by atoms with Crippen LogP contribution in [-0.4, -0.2) is 47.8 Å². The molecule has 0 spiro atoms. The molecule has 0 saturated carbocycles. The molecule has 6 nitrogen and oxygen atoms in total. The number of rotatable bonds is 1. The van der Waals surface area contributed by atoms with Crippen LogP contribution in [0.1, 0.15) is 20.8 Å². The average molecular weight is 466 g/mol. The van der Waals surface area contributed by atoms with Gasteiger partial charge in [0.15, 0.2) is 5.43 Å². The number of halogens is 1. The Kier molecular flexibility index (Phi) is 5.20. The van der Waals surface area contributed by atoms with Gasteiger partial charge in [-0.3, -0.25) is 4.79 Å². The van der Waals surface area contributed by atoms with Crippen molar-refractivity contribution in [2.24, 2.45) is 0 Å². The first-order chi connectivity index (χ1) is 15.7. The van der Waals surface area contributed by atoms with Crippen LogP contribution in [0.25, 0.3) is 31.1 Å². The van der Waals surface area contributed by atoms with Gasteiger partial charge in [-0.05, 0) is 45.0 Å². The number of piperazine rings is 1. The Morgan fingerprint density at radius 3 is 2.52 bits per heavy atom. The SMILES string of the molecule is CC(C)(C)OC(=O)N1CCN(c2nc3ccccc3c3c(=O)c4cc(F)ccc4sc23)CC1. The summed E-state index contributed by atoms with van der Waals surface area (Å²) in [6.45, 7) is 7.69. The molecule has 1 fully saturated rings. The molecule has 0 bridgehead atoms. The van der Waals surface area contributed by atoms with Gasteiger partial charge < -0.3 is 14.5 Å². The van der Waals surface area contributed by atoms with Crippen molar-refractivity contribution in [1.82, 2.24) is 9.88 Å². The van der Waals surface area contributed by atoms with E-state index in [-0.39, 0.29) is 11.5 Å². The molecule has 1 amide bonds. The number of hydrogen-bond donors (Lipinski definition) is 0. The molecule has 2 aromatic heterocycles. The monoisotopic (exact) mass is 465 g/mol. The van der Waals surface area contributed by atoms with Gasteiger partial charge in [0, 0.05) is 41.7 Å². The van der Waals surface area contributed by atoms with E-state index < -0.39 is 11.4 Å². The number of carbonyl (C=O) groups excluding carboxylic acids is 1. The molecule has 2 aromatic carbocycles. The highest BCUT2D eigenvalue weighted by molar-refractivity contribution is 7.25. The van der Waals surface area contributed by atoms with E-state index in [0.29, 0.717) is 37.0 Å². The molecule has 0 aliphatic carbocycles. The van der Waals surface area contributed by atoms with Crippen LogP contribution in [0.3, 0.4) is 0 Å². The molecule has 8 heteroatoms. The standard InChI is InChI=1S/C25H24FN3O3S/c1-25(2,3)32-24(31)29-12-10-28(11-13-29)23-22-20(16-6-4-5-7-18(16)27-23)21(30)17-14-15(26)8-9-19(17)33-22/h4-9,14H,10-13H2,1-3H3. The molecular formula is C25H24FN3O3S. The predicted octanol–water partition coefficient (Wildman–Crippen LogP) is 5.16. The van der Waals surface area contributed by atoms with Crippen LogP contribution in [-0.2, 0) is 4.74 Å². The van der Waals surface area contributed by atoms with E-state index >= 15 is 0 Å². The van der Waals surface area contributed by atoms with E-state index in [0.717, 1.165) is 26.1 Å². The molecule has 170 valence electrons. The van der Waals surface area contributed by atoms with Crippen LogP contribution in [0.4, 0.5) is 15.0 Å². The number of amides is 1. The summed E-state index contributed by atoms with van der Waals surface area (Å²) >= 11 is 1.45. The van der Waals surface area contributed by atoms with Crippen molar-refractivity contribution >= 4 is 54.3 Å². The van der Waals surface area contributed by atoms with Gasteiger partial charge in [-0.25, -0.2) is 14.2 Å². The first-order valence-electron chi connectivity index (χ1n) is 10.9. The Morgan fingerprint density at radius 2 is 1.79 bits per heavy atom. The highest BCUT2D eigenvalue weighted by Crippen LogP contribution is 2.36. The molecule has 4 aromatic rings. The zero-order chi connectivity index (χ0) is 23.3. The van der Waals surface area contributed by atoms with Crippen LogP contribution < -0.4 is 10.3 Å². The summed E-state index contributed by atoms with van der Waals surface area (Å²) in [6, 6.07) is 11.9. The lowest BCUT2D eigenvalue weighted by Crippen LogP contribution is -2.50. The molecule has 0 unspecified atom stereocenters. The molecule has 1 saturated heterocycles. The Balaban J connectivity index is 1.60. The van der Waals surface area contributed by atoms with Crippen LogP contribution in [0, 0.1) is 5.82 Å². The average Bonchev–Trinajstić information content (AvgIpc) is 2.78. The van der Waals surface area contributed by atoms with Gasteiger partial charge in [0.1, 0.15) is 17.2 Å². The topological polar surface area (TPSA) is 62.7 Å². The lowest BCUT2D eigenvalue weighted by atomic mass is 10.1. The molecule has 3 heterocycles. The molecule has 1 aliphatic rings. The van der Waals surface area contributed by atoms with Crippen molar-refractivity contribution in [2.75, 3.05) is 31.1 Å². The maximum atomic E-state index is 13.9. The second-order valence-corrected chi connectivity index (χ2v) is 10.2. The highest BCUT2D eigenvalue weighted by Gasteiger charge is 2.28. The molecule has 0 radical (unpaired) electrons. The maximum Gasteiger partial charge on any atom is 0.410 e. The number of nitrogens with zero attached hydrogens (tertiary/aromatic N) is 3. The van der Waals surface area contributed by atoms with Gasteiger partial charge in [0.25, 0.3) is 0 Å². The summed E-state index contributed by atoms with van der Waals surface area (Å²) in [4.78, 5) is 34.7. The third-order valence-electron chi connectivity index (χ3n) is 5.69. The number of aromatic nitrogens is 1. The van der Waals surface area contributed by atoms with E-state index in [9.17, 15) is 14.0 Å². The normalized spacial score (nSPS) is 14.9. The summed E-state index contributed by atoms with van der Waals surface area (Å²) in [6.07, 6.45) is -0.323. The van der Waals surface area contributed by atoms with E-state index in [1.807, 2.05) is 45.0 Å². The van der Waals surface area contributed by atoms with Gasteiger partial charge in [-0.2, -0.15) is 0 Å². The third-order valence-corrected chi connectivity index (χ3v) is 6.85. The Bertz CT molecular complexity index is 1450. The van der Waals surface area contributed by atoms with Crippen molar-refractivity contribution in [1.29, 1.82) is 0 Å². The smallest absolute Gasteiger partial charge is 0.410 e. The van der Waals surface area contributed by atoms with Gasteiger partial charge in [-0.15, -0.1) is 11.3 Å². The number of ether oxygens (including phenoxy) is 1. The number of anilines is 1. The maximum absolute atomic E-state index is 13.9. The number of carbonyl (C=O) groups is 1. The van der Waals surface area contributed by atoms with Gasteiger partial charge in [-0.1, -0.05) is 18.2 Å². The first-order valence-corrected chi connectivity index (χ1v) is 11.7. The fraction of sp³-hybridized carbons (Fsp3) is 0.320. The molecule has 5 rings (SSSR count). The number of fused-ring (bicyclic) bond motifs is 4. The Morgan fingerprint density at radius 1 is 1.06 bits per heavy atom. The number of para-hydroxylation sites is 1. The number of benzene rings is 2. The Labute approximate surface area is 194 Å². The Hall–Kier alpha value is -3.26. The first kappa shape index (κ1) is 21.6. The zero-order valence-corrected chi connectivity index (χ0v) is 19.5. The van der Waals surface area contributed by atoms with Crippen molar-refractivity contribution in [3.63, 3.8) is 0 Å². The summed E-state index contributed by atoms with van der Waals surface area (Å²) < 4.78 is 20.9. The van der Waals surface area contributed by atoms with Crippen LogP contribution >= 0.6 is 11.3 Å².